The third-order valence-corrected chi connectivity index (χ3v) is 6.33. The first kappa shape index (κ1) is 24.5. The number of alkyl halides is 6. The third kappa shape index (κ3) is 7.45. The van der Waals surface area contributed by atoms with Crippen molar-refractivity contribution in [3.8, 4) is 5.75 Å². The highest BCUT2D eigenvalue weighted by molar-refractivity contribution is 7.97. The second-order valence-corrected chi connectivity index (χ2v) is 8.74. The Labute approximate surface area is 188 Å². The number of esters is 1. The minimum Gasteiger partial charge on any atom is -0.484 e. The van der Waals surface area contributed by atoms with Crippen LogP contribution >= 0.6 is 0 Å². The molecule has 0 amide bonds. The molecule has 3 aromatic carbocycles. The van der Waals surface area contributed by atoms with Crippen LogP contribution in [0.1, 0.15) is 10.4 Å². The first-order valence-electron chi connectivity index (χ1n) is 9.45. The monoisotopic (exact) mass is 487 g/mol. The van der Waals surface area contributed by atoms with Crippen LogP contribution in [0.3, 0.4) is 0 Å². The number of hydrogen-bond acceptors (Lipinski definition) is 3. The fraction of sp³-hybridized carbons (Fsp3) is 0.174. The van der Waals surface area contributed by atoms with Crippen molar-refractivity contribution in [1.29, 1.82) is 0 Å². The number of carbonyl (C=O) groups excluding carboxylic acids is 1. The van der Waals surface area contributed by atoms with Crippen molar-refractivity contribution in [2.24, 2.45) is 0 Å². The van der Waals surface area contributed by atoms with Gasteiger partial charge in [-0.3, -0.25) is 0 Å². The van der Waals surface area contributed by atoms with Crippen molar-refractivity contribution >= 4 is 16.9 Å². The van der Waals surface area contributed by atoms with Crippen LogP contribution in [0.5, 0.6) is 5.75 Å². The number of halogens is 6. The Balaban J connectivity index is 1.91. The molecule has 174 valence electrons. The Hall–Kier alpha value is -3.14. The van der Waals surface area contributed by atoms with E-state index in [9.17, 15) is 31.1 Å². The quantitative estimate of drug-likeness (QED) is 0.219. The predicted octanol–water partition coefficient (Wildman–Crippen LogP) is 6.44. The average molecular weight is 487 g/mol. The van der Waals surface area contributed by atoms with E-state index in [2.05, 4.69) is 4.74 Å². The molecule has 0 saturated heterocycles. The summed E-state index contributed by atoms with van der Waals surface area (Å²) in [6, 6.07) is 21.2. The van der Waals surface area contributed by atoms with E-state index in [1.807, 2.05) is 18.2 Å². The van der Waals surface area contributed by atoms with E-state index >= 15 is 0 Å². The fourth-order valence-corrected chi connectivity index (χ4v) is 4.90. The summed E-state index contributed by atoms with van der Waals surface area (Å²) in [6.07, 6.45) is -9.11. The lowest BCUT2D eigenvalue weighted by Crippen LogP contribution is -2.20. The molecule has 0 saturated carbocycles. The first-order chi connectivity index (χ1) is 15.5. The SMILES string of the molecule is O=C(OCC(F)(F)F)c1cccc([S+](c2ccccc2)c2ccc(OCC(F)(F)F)cc2)c1. The molecule has 0 bridgehead atoms. The molecule has 3 aromatic rings. The van der Waals surface area contributed by atoms with E-state index in [0.717, 1.165) is 4.90 Å². The minimum atomic E-state index is -4.64. The average Bonchev–Trinajstić information content (AvgIpc) is 2.77. The Morgan fingerprint density at radius 2 is 1.27 bits per heavy atom. The van der Waals surface area contributed by atoms with E-state index < -0.39 is 42.4 Å². The fourth-order valence-electron chi connectivity index (χ4n) is 2.78. The largest absolute Gasteiger partial charge is 0.484 e. The van der Waals surface area contributed by atoms with Crippen LogP contribution in [-0.2, 0) is 15.6 Å². The molecule has 0 fully saturated rings. The molecule has 0 heterocycles. The molecule has 1 unspecified atom stereocenters. The summed E-state index contributed by atoms with van der Waals surface area (Å²) in [4.78, 5) is 14.3. The van der Waals surface area contributed by atoms with Gasteiger partial charge in [0.2, 0.25) is 0 Å². The third-order valence-electron chi connectivity index (χ3n) is 4.11. The molecule has 1 atom stereocenters. The van der Waals surface area contributed by atoms with Gasteiger partial charge < -0.3 is 9.47 Å². The molecule has 0 N–H and O–H groups in total. The maximum Gasteiger partial charge on any atom is 0.422 e. The van der Waals surface area contributed by atoms with Gasteiger partial charge in [0.1, 0.15) is 5.75 Å². The number of benzene rings is 3. The topological polar surface area (TPSA) is 35.5 Å². The molecular weight excluding hydrogens is 470 g/mol. The molecular formula is C23H17F6O3S+. The second kappa shape index (κ2) is 10.2. The highest BCUT2D eigenvalue weighted by Gasteiger charge is 2.32. The maximum absolute atomic E-state index is 12.4. The Morgan fingerprint density at radius 3 is 1.88 bits per heavy atom. The van der Waals surface area contributed by atoms with Crippen molar-refractivity contribution in [2.45, 2.75) is 27.0 Å². The molecule has 10 heteroatoms. The number of ether oxygens (including phenoxy) is 2. The van der Waals surface area contributed by atoms with Crippen LogP contribution in [0.25, 0.3) is 0 Å². The molecule has 0 aromatic heterocycles. The summed E-state index contributed by atoms with van der Waals surface area (Å²) in [5.41, 5.74) is -0.0460. The van der Waals surface area contributed by atoms with E-state index in [1.54, 1.807) is 30.3 Å². The molecule has 0 aliphatic heterocycles. The van der Waals surface area contributed by atoms with E-state index in [0.29, 0.717) is 9.79 Å². The van der Waals surface area contributed by atoms with Crippen LogP contribution in [-0.4, -0.2) is 31.5 Å². The summed E-state index contributed by atoms with van der Waals surface area (Å²) in [6.45, 7) is -3.11. The predicted molar refractivity (Wildman–Crippen MR) is 109 cm³/mol. The van der Waals surface area contributed by atoms with Crippen LogP contribution < -0.4 is 4.74 Å². The van der Waals surface area contributed by atoms with Gasteiger partial charge in [0.15, 0.2) is 27.9 Å². The lowest BCUT2D eigenvalue weighted by molar-refractivity contribution is -0.161. The zero-order valence-electron chi connectivity index (χ0n) is 16.8. The van der Waals surface area contributed by atoms with E-state index in [1.165, 1.54) is 30.3 Å². The molecule has 3 rings (SSSR count). The van der Waals surface area contributed by atoms with Gasteiger partial charge in [-0.25, -0.2) is 4.79 Å². The summed E-state index contributed by atoms with van der Waals surface area (Å²) in [5.74, 6) is -1.07. The summed E-state index contributed by atoms with van der Waals surface area (Å²) in [7, 11) is -0.800. The zero-order chi connectivity index (χ0) is 24.1. The van der Waals surface area contributed by atoms with Gasteiger partial charge in [0.25, 0.3) is 0 Å². The van der Waals surface area contributed by atoms with Gasteiger partial charge in [-0.05, 0) is 48.5 Å². The summed E-state index contributed by atoms with van der Waals surface area (Å²) < 4.78 is 83.4. The van der Waals surface area contributed by atoms with Crippen LogP contribution in [0, 0.1) is 0 Å². The molecule has 0 aliphatic rings. The first-order valence-corrected chi connectivity index (χ1v) is 10.7. The molecule has 3 nitrogen and oxygen atoms in total. The van der Waals surface area contributed by atoms with Gasteiger partial charge in [0, 0.05) is 6.07 Å². The number of rotatable bonds is 7. The highest BCUT2D eigenvalue weighted by atomic mass is 32.2. The molecule has 0 radical (unpaired) electrons. The molecule has 33 heavy (non-hydrogen) atoms. The minimum absolute atomic E-state index is 0.0390. The summed E-state index contributed by atoms with van der Waals surface area (Å²) in [5, 5.41) is 0. The zero-order valence-corrected chi connectivity index (χ0v) is 17.6. The van der Waals surface area contributed by atoms with Crippen molar-refractivity contribution in [1.82, 2.24) is 0 Å². The smallest absolute Gasteiger partial charge is 0.422 e. The van der Waals surface area contributed by atoms with E-state index in [4.69, 9.17) is 4.74 Å². The number of hydrogen-bond donors (Lipinski definition) is 0. The second-order valence-electron chi connectivity index (χ2n) is 6.71. The van der Waals surface area contributed by atoms with Gasteiger partial charge in [-0.1, -0.05) is 24.3 Å². The van der Waals surface area contributed by atoms with Crippen LogP contribution in [0.15, 0.2) is 93.5 Å². The van der Waals surface area contributed by atoms with Gasteiger partial charge >= 0.3 is 18.3 Å². The summed E-state index contributed by atoms with van der Waals surface area (Å²) >= 11 is 0. The molecule has 0 aliphatic carbocycles. The van der Waals surface area contributed by atoms with Crippen molar-refractivity contribution < 1.29 is 40.6 Å². The highest BCUT2D eigenvalue weighted by Crippen LogP contribution is 2.33. The Kier molecular flexibility index (Phi) is 7.57. The van der Waals surface area contributed by atoms with Gasteiger partial charge in [-0.2, -0.15) is 26.3 Å². The maximum atomic E-state index is 12.4. The van der Waals surface area contributed by atoms with Crippen molar-refractivity contribution in [3.63, 3.8) is 0 Å². The van der Waals surface area contributed by atoms with Crippen molar-refractivity contribution in [3.05, 3.63) is 84.4 Å². The standard InChI is InChI=1S/C23H17F6O3S/c24-22(25,26)14-31-17-9-11-19(12-10-17)33(18-6-2-1-3-7-18)20-8-4-5-16(13-20)21(30)32-15-23(27,28)29/h1-13H,14-15H2/q+1. The number of carbonyl (C=O) groups is 1. The van der Waals surface area contributed by atoms with Crippen LogP contribution in [0.4, 0.5) is 26.3 Å². The lowest BCUT2D eigenvalue weighted by atomic mass is 10.2. The Morgan fingerprint density at radius 1 is 0.697 bits per heavy atom. The van der Waals surface area contributed by atoms with Gasteiger partial charge in [0.05, 0.1) is 16.5 Å². The van der Waals surface area contributed by atoms with E-state index in [-0.39, 0.29) is 11.3 Å². The Bertz CT molecular complexity index is 1070. The van der Waals surface area contributed by atoms with Crippen LogP contribution in [0.2, 0.25) is 0 Å². The van der Waals surface area contributed by atoms with Gasteiger partial charge in [-0.15, -0.1) is 0 Å². The normalized spacial score (nSPS) is 12.8. The lowest BCUT2D eigenvalue weighted by Gasteiger charge is -2.12. The van der Waals surface area contributed by atoms with Crippen molar-refractivity contribution in [2.75, 3.05) is 13.2 Å². The molecule has 0 spiro atoms.